The quantitative estimate of drug-likeness (QED) is 0.875. The van der Waals surface area contributed by atoms with Gasteiger partial charge in [0.15, 0.2) is 0 Å². The van der Waals surface area contributed by atoms with E-state index in [1.807, 2.05) is 0 Å². The van der Waals surface area contributed by atoms with Crippen molar-refractivity contribution in [3.63, 3.8) is 0 Å². The summed E-state index contributed by atoms with van der Waals surface area (Å²) in [6.07, 6.45) is 0. The molecule has 2 aliphatic heterocycles. The maximum atomic E-state index is 5.47. The Bertz CT molecular complexity index is 731. The SMILES string of the molecule is Cc1cccc(C)c1Nc1nc(N2CCOCC2)nc(N2CCOCC2)n1. The number of nitrogens with zero attached hydrogens (tertiary/aromatic N) is 5. The molecule has 0 radical (unpaired) electrons. The fraction of sp³-hybridized carbons (Fsp3) is 0.526. The number of benzene rings is 1. The largest absolute Gasteiger partial charge is 0.378 e. The van der Waals surface area contributed by atoms with Gasteiger partial charge in [0.25, 0.3) is 0 Å². The Balaban J connectivity index is 1.68. The molecule has 0 unspecified atom stereocenters. The van der Waals surface area contributed by atoms with E-state index >= 15 is 0 Å². The molecule has 4 rings (SSSR count). The Morgan fingerprint density at radius 3 is 1.74 bits per heavy atom. The summed E-state index contributed by atoms with van der Waals surface area (Å²) in [5, 5.41) is 3.42. The van der Waals surface area contributed by atoms with Crippen molar-refractivity contribution in [1.82, 2.24) is 15.0 Å². The number of ether oxygens (including phenoxy) is 2. The van der Waals surface area contributed by atoms with Crippen molar-refractivity contribution >= 4 is 23.5 Å². The molecule has 8 nitrogen and oxygen atoms in total. The molecule has 0 aliphatic carbocycles. The van der Waals surface area contributed by atoms with Crippen molar-refractivity contribution in [2.75, 3.05) is 67.7 Å². The number of rotatable bonds is 4. The molecule has 1 aromatic heterocycles. The van der Waals surface area contributed by atoms with Crippen LogP contribution in [0.5, 0.6) is 0 Å². The number of aryl methyl sites for hydroxylation is 2. The minimum atomic E-state index is 0.574. The van der Waals surface area contributed by atoms with Crippen LogP contribution in [0.3, 0.4) is 0 Å². The molecule has 3 heterocycles. The third-order valence-electron chi connectivity index (χ3n) is 4.92. The number of para-hydroxylation sites is 1. The highest BCUT2D eigenvalue weighted by Crippen LogP contribution is 2.25. The summed E-state index contributed by atoms with van der Waals surface area (Å²) < 4.78 is 10.9. The number of nitrogens with one attached hydrogen (secondary N) is 1. The molecule has 2 aromatic rings. The first-order valence-corrected chi connectivity index (χ1v) is 9.45. The minimum absolute atomic E-state index is 0.574. The molecule has 2 fully saturated rings. The van der Waals surface area contributed by atoms with Gasteiger partial charge in [0.2, 0.25) is 17.8 Å². The van der Waals surface area contributed by atoms with Gasteiger partial charge in [-0.25, -0.2) is 0 Å². The predicted octanol–water partition coefficient (Wildman–Crippen LogP) is 1.91. The van der Waals surface area contributed by atoms with Crippen LogP contribution in [-0.4, -0.2) is 67.6 Å². The molecule has 0 saturated carbocycles. The first-order chi connectivity index (χ1) is 13.2. The van der Waals surface area contributed by atoms with Crippen molar-refractivity contribution < 1.29 is 9.47 Å². The second-order valence-corrected chi connectivity index (χ2v) is 6.85. The highest BCUT2D eigenvalue weighted by molar-refractivity contribution is 5.64. The third-order valence-corrected chi connectivity index (χ3v) is 4.92. The molecule has 2 aliphatic rings. The van der Waals surface area contributed by atoms with Gasteiger partial charge in [-0.2, -0.15) is 15.0 Å². The van der Waals surface area contributed by atoms with Crippen LogP contribution in [0.15, 0.2) is 18.2 Å². The summed E-state index contributed by atoms with van der Waals surface area (Å²) in [6, 6.07) is 6.23. The van der Waals surface area contributed by atoms with Crippen molar-refractivity contribution in [3.8, 4) is 0 Å². The van der Waals surface area contributed by atoms with Gasteiger partial charge >= 0.3 is 0 Å². The van der Waals surface area contributed by atoms with E-state index in [1.165, 1.54) is 0 Å². The van der Waals surface area contributed by atoms with Crippen LogP contribution in [0.2, 0.25) is 0 Å². The molecule has 2 saturated heterocycles. The van der Waals surface area contributed by atoms with Gasteiger partial charge in [-0.05, 0) is 25.0 Å². The number of hydrogen-bond acceptors (Lipinski definition) is 8. The van der Waals surface area contributed by atoms with E-state index in [9.17, 15) is 0 Å². The topological polar surface area (TPSA) is 75.6 Å². The molecule has 0 spiro atoms. The summed E-state index contributed by atoms with van der Waals surface area (Å²) in [5.74, 6) is 1.97. The molecule has 1 N–H and O–H groups in total. The Labute approximate surface area is 159 Å². The van der Waals surface area contributed by atoms with Crippen LogP contribution < -0.4 is 15.1 Å². The zero-order valence-corrected chi connectivity index (χ0v) is 15.9. The standard InChI is InChI=1S/C19H26N6O2/c1-14-4-3-5-15(2)16(14)20-17-21-18(24-6-10-26-11-7-24)23-19(22-17)25-8-12-27-13-9-25/h3-5H,6-13H2,1-2H3,(H,20,21,22,23). The number of hydrogen-bond donors (Lipinski definition) is 1. The predicted molar refractivity (Wildman–Crippen MR) is 105 cm³/mol. The highest BCUT2D eigenvalue weighted by Gasteiger charge is 2.21. The fourth-order valence-electron chi connectivity index (χ4n) is 3.34. The summed E-state index contributed by atoms with van der Waals surface area (Å²) in [4.78, 5) is 18.5. The Hall–Kier alpha value is -2.45. The van der Waals surface area contributed by atoms with Crippen LogP contribution in [0.1, 0.15) is 11.1 Å². The molecule has 0 atom stereocenters. The normalized spacial score (nSPS) is 17.9. The van der Waals surface area contributed by atoms with Crippen LogP contribution in [0.4, 0.5) is 23.5 Å². The number of morpholine rings is 2. The number of aromatic nitrogens is 3. The Morgan fingerprint density at radius 1 is 0.778 bits per heavy atom. The molecule has 1 aromatic carbocycles. The summed E-state index contributed by atoms with van der Waals surface area (Å²) in [7, 11) is 0. The van der Waals surface area contributed by atoms with Gasteiger partial charge in [-0.15, -0.1) is 0 Å². The maximum Gasteiger partial charge on any atom is 0.233 e. The number of anilines is 4. The first kappa shape index (κ1) is 17.9. The van der Waals surface area contributed by atoms with E-state index in [0.29, 0.717) is 44.3 Å². The van der Waals surface area contributed by atoms with Crippen LogP contribution >= 0.6 is 0 Å². The lowest BCUT2D eigenvalue weighted by atomic mass is 10.1. The van der Waals surface area contributed by atoms with E-state index in [4.69, 9.17) is 24.4 Å². The van der Waals surface area contributed by atoms with Gasteiger partial charge in [0.1, 0.15) is 0 Å². The lowest BCUT2D eigenvalue weighted by molar-refractivity contribution is 0.121. The Kier molecular flexibility index (Phi) is 5.35. The lowest BCUT2D eigenvalue weighted by Gasteiger charge is -2.30. The van der Waals surface area contributed by atoms with Crippen LogP contribution in [0, 0.1) is 13.8 Å². The fourth-order valence-corrected chi connectivity index (χ4v) is 3.34. The maximum absolute atomic E-state index is 5.47. The average Bonchev–Trinajstić information content (AvgIpc) is 2.72. The second-order valence-electron chi connectivity index (χ2n) is 6.85. The van der Waals surface area contributed by atoms with Crippen LogP contribution in [0.25, 0.3) is 0 Å². The molecule has 8 heteroatoms. The van der Waals surface area contributed by atoms with Gasteiger partial charge in [0, 0.05) is 31.9 Å². The van der Waals surface area contributed by atoms with E-state index in [1.54, 1.807) is 0 Å². The first-order valence-electron chi connectivity index (χ1n) is 9.45. The summed E-state index contributed by atoms with van der Waals surface area (Å²) in [5.41, 5.74) is 3.37. The van der Waals surface area contributed by atoms with Gasteiger partial charge in [-0.3, -0.25) is 0 Å². The zero-order chi connectivity index (χ0) is 18.6. The second kappa shape index (κ2) is 8.06. The van der Waals surface area contributed by atoms with Crippen molar-refractivity contribution in [2.45, 2.75) is 13.8 Å². The van der Waals surface area contributed by atoms with E-state index < -0.39 is 0 Å². The van der Waals surface area contributed by atoms with E-state index in [2.05, 4.69) is 47.2 Å². The molecular formula is C19H26N6O2. The molecule has 0 bridgehead atoms. The van der Waals surface area contributed by atoms with E-state index in [0.717, 1.165) is 43.0 Å². The van der Waals surface area contributed by atoms with E-state index in [-0.39, 0.29) is 0 Å². The minimum Gasteiger partial charge on any atom is -0.378 e. The van der Waals surface area contributed by atoms with Crippen molar-refractivity contribution in [1.29, 1.82) is 0 Å². The third kappa shape index (κ3) is 4.12. The lowest BCUT2D eigenvalue weighted by Crippen LogP contribution is -2.40. The Morgan fingerprint density at radius 2 is 1.26 bits per heavy atom. The smallest absolute Gasteiger partial charge is 0.233 e. The molecule has 0 amide bonds. The highest BCUT2D eigenvalue weighted by atomic mass is 16.5. The van der Waals surface area contributed by atoms with Crippen molar-refractivity contribution in [3.05, 3.63) is 29.3 Å². The summed E-state index contributed by atoms with van der Waals surface area (Å²) in [6.45, 7) is 10.1. The van der Waals surface area contributed by atoms with Crippen molar-refractivity contribution in [2.24, 2.45) is 0 Å². The van der Waals surface area contributed by atoms with Gasteiger partial charge < -0.3 is 24.6 Å². The zero-order valence-electron chi connectivity index (χ0n) is 15.9. The average molecular weight is 370 g/mol. The van der Waals surface area contributed by atoms with Crippen LogP contribution in [-0.2, 0) is 9.47 Å². The molecule has 27 heavy (non-hydrogen) atoms. The van der Waals surface area contributed by atoms with Gasteiger partial charge in [0.05, 0.1) is 26.4 Å². The van der Waals surface area contributed by atoms with Gasteiger partial charge in [-0.1, -0.05) is 18.2 Å². The monoisotopic (exact) mass is 370 g/mol. The molecule has 144 valence electrons. The summed E-state index contributed by atoms with van der Waals surface area (Å²) >= 11 is 0. The molecular weight excluding hydrogens is 344 g/mol.